The summed E-state index contributed by atoms with van der Waals surface area (Å²) in [5, 5.41) is 8.29. The SMILES string of the molecule is N#CCCCC(=O)NOCc1ccccc1. The van der Waals surface area contributed by atoms with Crippen molar-refractivity contribution in [3.8, 4) is 6.07 Å². The molecule has 1 aromatic carbocycles. The third-order valence-corrected chi connectivity index (χ3v) is 1.96. The first-order valence-corrected chi connectivity index (χ1v) is 5.14. The largest absolute Gasteiger partial charge is 0.273 e. The van der Waals surface area contributed by atoms with Gasteiger partial charge in [-0.2, -0.15) is 5.26 Å². The van der Waals surface area contributed by atoms with Gasteiger partial charge in [0, 0.05) is 12.8 Å². The summed E-state index contributed by atoms with van der Waals surface area (Å²) in [4.78, 5) is 16.2. The molecule has 1 N–H and O–H groups in total. The number of hydrogen-bond acceptors (Lipinski definition) is 3. The number of nitrogens with zero attached hydrogens (tertiary/aromatic N) is 1. The molecule has 0 unspecified atom stereocenters. The minimum atomic E-state index is -0.189. The van der Waals surface area contributed by atoms with Gasteiger partial charge in [-0.05, 0) is 12.0 Å². The van der Waals surface area contributed by atoms with Gasteiger partial charge in [-0.25, -0.2) is 5.48 Å². The number of hydrogen-bond donors (Lipinski definition) is 1. The average Bonchev–Trinajstić information content (AvgIpc) is 2.31. The first-order valence-electron chi connectivity index (χ1n) is 5.14. The molecule has 0 saturated carbocycles. The summed E-state index contributed by atoms with van der Waals surface area (Å²) in [5.74, 6) is -0.189. The van der Waals surface area contributed by atoms with E-state index in [0.717, 1.165) is 5.56 Å². The zero-order valence-electron chi connectivity index (χ0n) is 8.98. The van der Waals surface area contributed by atoms with E-state index in [2.05, 4.69) is 5.48 Å². The lowest BCUT2D eigenvalue weighted by atomic mass is 10.2. The summed E-state index contributed by atoms with van der Waals surface area (Å²) in [7, 11) is 0. The minimum Gasteiger partial charge on any atom is -0.273 e. The molecular weight excluding hydrogens is 204 g/mol. The van der Waals surface area contributed by atoms with E-state index in [4.69, 9.17) is 10.1 Å². The summed E-state index contributed by atoms with van der Waals surface area (Å²) >= 11 is 0. The van der Waals surface area contributed by atoms with Gasteiger partial charge >= 0.3 is 0 Å². The highest BCUT2D eigenvalue weighted by Gasteiger charge is 2.00. The van der Waals surface area contributed by atoms with Gasteiger partial charge in [-0.15, -0.1) is 0 Å². The molecule has 0 fully saturated rings. The maximum absolute atomic E-state index is 11.2. The van der Waals surface area contributed by atoms with Gasteiger partial charge in [0.2, 0.25) is 5.91 Å². The summed E-state index contributed by atoms with van der Waals surface area (Å²) < 4.78 is 0. The van der Waals surface area contributed by atoms with Crippen LogP contribution in [0.5, 0.6) is 0 Å². The molecule has 4 nitrogen and oxygen atoms in total. The van der Waals surface area contributed by atoms with Crippen molar-refractivity contribution in [3.63, 3.8) is 0 Å². The Bertz CT molecular complexity index is 357. The van der Waals surface area contributed by atoms with Crippen molar-refractivity contribution < 1.29 is 9.63 Å². The molecule has 84 valence electrons. The van der Waals surface area contributed by atoms with Crippen molar-refractivity contribution in [2.45, 2.75) is 25.9 Å². The molecule has 4 heteroatoms. The normalized spacial score (nSPS) is 9.44. The van der Waals surface area contributed by atoms with Gasteiger partial charge in [0.05, 0.1) is 12.7 Å². The molecule has 0 aliphatic carbocycles. The summed E-state index contributed by atoms with van der Waals surface area (Å²) in [6, 6.07) is 11.6. The Morgan fingerprint density at radius 1 is 1.38 bits per heavy atom. The number of benzene rings is 1. The fraction of sp³-hybridized carbons (Fsp3) is 0.333. The van der Waals surface area contributed by atoms with Crippen LogP contribution in [0.4, 0.5) is 0 Å². The Hall–Kier alpha value is -1.86. The van der Waals surface area contributed by atoms with Crippen molar-refractivity contribution >= 4 is 5.91 Å². The third kappa shape index (κ3) is 5.13. The number of amides is 1. The Labute approximate surface area is 94.8 Å². The lowest BCUT2D eigenvalue weighted by Gasteiger charge is -2.04. The van der Waals surface area contributed by atoms with Crippen LogP contribution in [0.25, 0.3) is 0 Å². The van der Waals surface area contributed by atoms with E-state index < -0.39 is 0 Å². The van der Waals surface area contributed by atoms with Gasteiger partial charge in [0.25, 0.3) is 0 Å². The van der Waals surface area contributed by atoms with E-state index in [0.29, 0.717) is 25.9 Å². The number of hydroxylamine groups is 1. The number of nitrogens with one attached hydrogen (secondary N) is 1. The maximum Gasteiger partial charge on any atom is 0.243 e. The fourth-order valence-electron chi connectivity index (χ4n) is 1.15. The van der Waals surface area contributed by atoms with Gasteiger partial charge in [0.15, 0.2) is 0 Å². The van der Waals surface area contributed by atoms with E-state index in [1.807, 2.05) is 36.4 Å². The van der Waals surface area contributed by atoms with Crippen LogP contribution < -0.4 is 5.48 Å². The molecule has 0 saturated heterocycles. The van der Waals surface area contributed by atoms with Crippen LogP contribution in [0.3, 0.4) is 0 Å². The number of carbonyl (C=O) groups is 1. The highest BCUT2D eigenvalue weighted by atomic mass is 16.6. The van der Waals surface area contributed by atoms with Crippen LogP contribution in [-0.4, -0.2) is 5.91 Å². The maximum atomic E-state index is 11.2. The van der Waals surface area contributed by atoms with Crippen LogP contribution in [0.1, 0.15) is 24.8 Å². The van der Waals surface area contributed by atoms with Crippen LogP contribution in [0.2, 0.25) is 0 Å². The lowest BCUT2D eigenvalue weighted by Crippen LogP contribution is -2.23. The Balaban J connectivity index is 2.12. The molecule has 1 amide bonds. The molecule has 1 aromatic rings. The second kappa shape index (κ2) is 7.43. The van der Waals surface area contributed by atoms with Crippen LogP contribution in [0, 0.1) is 11.3 Å². The second-order valence-corrected chi connectivity index (χ2v) is 3.31. The Morgan fingerprint density at radius 3 is 2.81 bits per heavy atom. The Kier molecular flexibility index (Phi) is 5.67. The first-order chi connectivity index (χ1) is 7.83. The molecule has 0 aliphatic rings. The minimum absolute atomic E-state index is 0.189. The van der Waals surface area contributed by atoms with Gasteiger partial charge in [-0.3, -0.25) is 9.63 Å². The molecule has 0 radical (unpaired) electrons. The number of carbonyl (C=O) groups excluding carboxylic acids is 1. The molecule has 0 atom stereocenters. The van der Waals surface area contributed by atoms with E-state index in [1.54, 1.807) is 0 Å². The standard InChI is InChI=1S/C12H14N2O2/c13-9-5-4-8-12(15)14-16-10-11-6-2-1-3-7-11/h1-3,6-7H,4-5,8,10H2,(H,14,15). The van der Waals surface area contributed by atoms with Gasteiger partial charge < -0.3 is 0 Å². The summed E-state index contributed by atoms with van der Waals surface area (Å²) in [5.41, 5.74) is 3.34. The lowest BCUT2D eigenvalue weighted by molar-refractivity contribution is -0.134. The molecule has 0 aliphatic heterocycles. The predicted octanol–water partition coefficient (Wildman–Crippen LogP) is 1.93. The second-order valence-electron chi connectivity index (χ2n) is 3.31. The molecule has 0 heterocycles. The number of nitriles is 1. The number of rotatable bonds is 6. The van der Waals surface area contributed by atoms with Crippen LogP contribution >= 0.6 is 0 Å². The third-order valence-electron chi connectivity index (χ3n) is 1.96. The highest BCUT2D eigenvalue weighted by molar-refractivity contribution is 5.74. The monoisotopic (exact) mass is 218 g/mol. The zero-order valence-corrected chi connectivity index (χ0v) is 8.98. The van der Waals surface area contributed by atoms with E-state index in [-0.39, 0.29) is 5.91 Å². The smallest absolute Gasteiger partial charge is 0.243 e. The van der Waals surface area contributed by atoms with Crippen LogP contribution in [0.15, 0.2) is 30.3 Å². The van der Waals surface area contributed by atoms with Crippen molar-refractivity contribution in [1.82, 2.24) is 5.48 Å². The summed E-state index contributed by atoms with van der Waals surface area (Å²) in [6.07, 6.45) is 1.28. The van der Waals surface area contributed by atoms with Crippen molar-refractivity contribution in [2.24, 2.45) is 0 Å². The molecule has 1 rings (SSSR count). The summed E-state index contributed by atoms with van der Waals surface area (Å²) in [6.45, 7) is 0.352. The number of unbranched alkanes of at least 4 members (excludes halogenated alkanes) is 1. The van der Waals surface area contributed by atoms with Crippen molar-refractivity contribution in [1.29, 1.82) is 5.26 Å². The van der Waals surface area contributed by atoms with Crippen molar-refractivity contribution in [2.75, 3.05) is 0 Å². The van der Waals surface area contributed by atoms with Crippen molar-refractivity contribution in [3.05, 3.63) is 35.9 Å². The van der Waals surface area contributed by atoms with E-state index in [9.17, 15) is 4.79 Å². The van der Waals surface area contributed by atoms with E-state index in [1.165, 1.54) is 0 Å². The zero-order chi connectivity index (χ0) is 11.6. The topological polar surface area (TPSA) is 62.1 Å². The first kappa shape index (κ1) is 12.2. The average molecular weight is 218 g/mol. The van der Waals surface area contributed by atoms with Gasteiger partial charge in [0.1, 0.15) is 0 Å². The van der Waals surface area contributed by atoms with Crippen LogP contribution in [-0.2, 0) is 16.2 Å². The molecule has 16 heavy (non-hydrogen) atoms. The molecular formula is C12H14N2O2. The van der Waals surface area contributed by atoms with Gasteiger partial charge in [-0.1, -0.05) is 30.3 Å². The predicted molar refractivity (Wildman–Crippen MR) is 58.8 cm³/mol. The Morgan fingerprint density at radius 2 is 2.12 bits per heavy atom. The fourth-order valence-corrected chi connectivity index (χ4v) is 1.15. The van der Waals surface area contributed by atoms with E-state index >= 15 is 0 Å². The molecule has 0 bridgehead atoms. The quantitative estimate of drug-likeness (QED) is 0.586. The highest BCUT2D eigenvalue weighted by Crippen LogP contribution is 1.99. The molecule has 0 aromatic heterocycles. The molecule has 0 spiro atoms.